The van der Waals surface area contributed by atoms with Crippen LogP contribution in [-0.4, -0.2) is 55.2 Å². The molecule has 5 nitrogen and oxygen atoms in total. The number of benzene rings is 1. The molecule has 3 heterocycles. The number of hydrogen-bond acceptors (Lipinski definition) is 5. The van der Waals surface area contributed by atoms with E-state index in [2.05, 4.69) is 102 Å². The van der Waals surface area contributed by atoms with Gasteiger partial charge >= 0.3 is 0 Å². The Labute approximate surface area is 197 Å². The molecule has 6 unspecified atom stereocenters. The first-order valence-electron chi connectivity index (χ1n) is 12.4. The number of hydrogen-bond donors (Lipinski definition) is 1. The lowest BCUT2D eigenvalue weighted by Crippen LogP contribution is -2.47. The standard InChI is InChI=1S/C28H33N5/c1-19-7-10-23(17-20(19)2)33-28-24-5-3-4-6-26(24)30-18-25(28)27(31-33)21-8-11-22(12-9-21)32-15-13-29-14-16-32/h3-12,17-20,24-26,28-29H,13-16H2,1-2H3. The number of piperazine rings is 1. The van der Waals surface area contributed by atoms with Crippen molar-refractivity contribution >= 4 is 17.6 Å². The van der Waals surface area contributed by atoms with Crippen LogP contribution in [0.4, 0.5) is 5.69 Å². The van der Waals surface area contributed by atoms with Gasteiger partial charge in [0.05, 0.1) is 29.4 Å². The molecular weight excluding hydrogens is 406 g/mol. The quantitative estimate of drug-likeness (QED) is 0.774. The molecule has 2 aliphatic carbocycles. The van der Waals surface area contributed by atoms with Gasteiger partial charge < -0.3 is 10.2 Å². The zero-order chi connectivity index (χ0) is 22.4. The first kappa shape index (κ1) is 20.7. The molecule has 3 aliphatic heterocycles. The van der Waals surface area contributed by atoms with E-state index >= 15 is 0 Å². The number of rotatable bonds is 3. The van der Waals surface area contributed by atoms with Gasteiger partial charge in [0.15, 0.2) is 0 Å². The Morgan fingerprint density at radius 3 is 2.52 bits per heavy atom. The average molecular weight is 440 g/mol. The van der Waals surface area contributed by atoms with Crippen LogP contribution in [0.2, 0.25) is 0 Å². The maximum atomic E-state index is 5.28. The van der Waals surface area contributed by atoms with Gasteiger partial charge in [-0.05, 0) is 35.6 Å². The topological polar surface area (TPSA) is 43.2 Å². The molecule has 1 aromatic carbocycles. The Kier molecular flexibility index (Phi) is 5.30. The molecule has 6 rings (SSSR count). The zero-order valence-corrected chi connectivity index (χ0v) is 19.5. The average Bonchev–Trinajstić information content (AvgIpc) is 3.27. The minimum Gasteiger partial charge on any atom is -0.369 e. The van der Waals surface area contributed by atoms with E-state index in [-0.39, 0.29) is 18.0 Å². The summed E-state index contributed by atoms with van der Waals surface area (Å²) in [4.78, 5) is 7.40. The third-order valence-corrected chi connectivity index (χ3v) is 7.89. The summed E-state index contributed by atoms with van der Waals surface area (Å²) in [7, 11) is 0. The van der Waals surface area contributed by atoms with Crippen LogP contribution in [0.3, 0.4) is 0 Å². The summed E-state index contributed by atoms with van der Waals surface area (Å²) < 4.78 is 0. The smallest absolute Gasteiger partial charge is 0.0787 e. The van der Waals surface area contributed by atoms with Crippen LogP contribution in [0, 0.1) is 23.7 Å². The second-order valence-corrected chi connectivity index (χ2v) is 9.93. The van der Waals surface area contributed by atoms with Gasteiger partial charge in [0.25, 0.3) is 0 Å². The Morgan fingerprint density at radius 1 is 0.939 bits per heavy atom. The number of aliphatic imine (C=N–C) groups is 1. The van der Waals surface area contributed by atoms with Gasteiger partial charge in [-0.2, -0.15) is 5.10 Å². The van der Waals surface area contributed by atoms with E-state index in [0.717, 1.165) is 31.9 Å². The van der Waals surface area contributed by atoms with Crippen molar-refractivity contribution in [3.63, 3.8) is 0 Å². The molecule has 0 radical (unpaired) electrons. The molecule has 1 saturated heterocycles. The van der Waals surface area contributed by atoms with Crippen LogP contribution in [0.15, 0.2) is 82.6 Å². The van der Waals surface area contributed by atoms with E-state index < -0.39 is 0 Å². The summed E-state index contributed by atoms with van der Waals surface area (Å²) in [6, 6.07) is 9.49. The lowest BCUT2D eigenvalue weighted by molar-refractivity contribution is 0.211. The molecule has 6 atom stereocenters. The van der Waals surface area contributed by atoms with E-state index in [1.807, 2.05) is 0 Å². The molecule has 5 heteroatoms. The van der Waals surface area contributed by atoms with Gasteiger partial charge in [0.2, 0.25) is 0 Å². The predicted octanol–water partition coefficient (Wildman–Crippen LogP) is 4.02. The number of anilines is 1. The number of allylic oxidation sites excluding steroid dienone is 5. The predicted molar refractivity (Wildman–Crippen MR) is 137 cm³/mol. The fourth-order valence-corrected chi connectivity index (χ4v) is 5.70. The summed E-state index contributed by atoms with van der Waals surface area (Å²) >= 11 is 0. The highest BCUT2D eigenvalue weighted by atomic mass is 15.5. The molecule has 5 aliphatic rings. The second kappa shape index (κ2) is 8.45. The molecule has 0 aromatic heterocycles. The number of hydrazone groups is 1. The number of nitrogens with one attached hydrogen (secondary N) is 1. The second-order valence-electron chi connectivity index (χ2n) is 9.93. The molecule has 0 spiro atoms. The van der Waals surface area contributed by atoms with Crippen molar-refractivity contribution in [1.82, 2.24) is 10.3 Å². The normalized spacial score (nSPS) is 34.7. The highest BCUT2D eigenvalue weighted by Gasteiger charge is 2.47. The monoisotopic (exact) mass is 439 g/mol. The number of nitrogens with zero attached hydrogens (tertiary/aromatic N) is 4. The lowest BCUT2D eigenvalue weighted by atomic mass is 9.76. The molecule has 0 bridgehead atoms. The van der Waals surface area contributed by atoms with Gasteiger partial charge in [-0.1, -0.05) is 62.4 Å². The molecule has 0 amide bonds. The van der Waals surface area contributed by atoms with E-state index in [1.54, 1.807) is 0 Å². The van der Waals surface area contributed by atoms with Crippen molar-refractivity contribution < 1.29 is 0 Å². The highest BCUT2D eigenvalue weighted by molar-refractivity contribution is 6.11. The summed E-state index contributed by atoms with van der Waals surface area (Å²) in [5.41, 5.74) is 4.86. The third-order valence-electron chi connectivity index (χ3n) is 7.89. The van der Waals surface area contributed by atoms with Gasteiger partial charge in [0, 0.05) is 44.0 Å². The third kappa shape index (κ3) is 3.68. The number of fused-ring (bicyclic) bond motifs is 3. The Morgan fingerprint density at radius 2 is 1.73 bits per heavy atom. The molecule has 1 fully saturated rings. The first-order chi connectivity index (χ1) is 16.2. The molecular formula is C28H33N5. The Balaban J connectivity index is 1.36. The largest absolute Gasteiger partial charge is 0.369 e. The van der Waals surface area contributed by atoms with Crippen LogP contribution in [0.25, 0.3) is 0 Å². The van der Waals surface area contributed by atoms with Crippen molar-refractivity contribution in [3.8, 4) is 0 Å². The van der Waals surface area contributed by atoms with Gasteiger partial charge in [-0.15, -0.1) is 0 Å². The Bertz CT molecular complexity index is 1070. The van der Waals surface area contributed by atoms with Crippen LogP contribution in [0.1, 0.15) is 19.4 Å². The first-order valence-corrected chi connectivity index (χ1v) is 12.4. The summed E-state index contributed by atoms with van der Waals surface area (Å²) in [6.07, 6.45) is 18.0. The van der Waals surface area contributed by atoms with Gasteiger partial charge in [-0.25, -0.2) is 0 Å². The van der Waals surface area contributed by atoms with E-state index in [9.17, 15) is 0 Å². The molecule has 170 valence electrons. The van der Waals surface area contributed by atoms with Crippen LogP contribution < -0.4 is 10.2 Å². The zero-order valence-electron chi connectivity index (χ0n) is 19.5. The van der Waals surface area contributed by atoms with Crippen molar-refractivity contribution in [2.45, 2.75) is 25.9 Å². The Hall–Kier alpha value is -2.92. The summed E-state index contributed by atoms with van der Waals surface area (Å²) in [6.45, 7) is 8.81. The SMILES string of the molecule is CC1C=CC(N2N=C(c3ccc(N4CCNCC4)cc3)C3C=NC4C=CC=CC4C32)=CC1C. The van der Waals surface area contributed by atoms with Crippen LogP contribution in [0.5, 0.6) is 0 Å². The van der Waals surface area contributed by atoms with Gasteiger partial charge in [-0.3, -0.25) is 10.0 Å². The highest BCUT2D eigenvalue weighted by Crippen LogP contribution is 2.41. The van der Waals surface area contributed by atoms with Gasteiger partial charge in [0.1, 0.15) is 0 Å². The molecule has 1 aromatic rings. The minimum atomic E-state index is 0.191. The molecule has 1 N–H and O–H groups in total. The van der Waals surface area contributed by atoms with E-state index in [0.29, 0.717) is 17.8 Å². The summed E-state index contributed by atoms with van der Waals surface area (Å²) in [5, 5.41) is 11.0. The van der Waals surface area contributed by atoms with Crippen molar-refractivity contribution in [2.24, 2.45) is 33.8 Å². The van der Waals surface area contributed by atoms with Crippen molar-refractivity contribution in [1.29, 1.82) is 0 Å². The van der Waals surface area contributed by atoms with Crippen LogP contribution >= 0.6 is 0 Å². The van der Waals surface area contributed by atoms with E-state index in [4.69, 9.17) is 10.1 Å². The summed E-state index contributed by atoms with van der Waals surface area (Å²) in [5.74, 6) is 1.59. The maximum Gasteiger partial charge on any atom is 0.0787 e. The van der Waals surface area contributed by atoms with E-state index in [1.165, 1.54) is 16.9 Å². The molecule has 0 saturated carbocycles. The van der Waals surface area contributed by atoms with Crippen molar-refractivity contribution in [3.05, 3.63) is 78.1 Å². The van der Waals surface area contributed by atoms with Crippen molar-refractivity contribution in [2.75, 3.05) is 31.1 Å². The van der Waals surface area contributed by atoms with Crippen LogP contribution in [-0.2, 0) is 0 Å². The lowest BCUT2D eigenvalue weighted by Gasteiger charge is -2.39. The minimum absolute atomic E-state index is 0.191. The fraction of sp³-hybridized carbons (Fsp3) is 0.429. The molecule has 33 heavy (non-hydrogen) atoms. The maximum absolute atomic E-state index is 5.28. The fourth-order valence-electron chi connectivity index (χ4n) is 5.70.